The number of benzene rings is 7. The summed E-state index contributed by atoms with van der Waals surface area (Å²) in [6.45, 7) is 0. The predicted molar refractivity (Wildman–Crippen MR) is 175 cm³/mol. The number of nitrogens with zero attached hydrogens (tertiary/aromatic N) is 1. The highest BCUT2D eigenvalue weighted by Gasteiger charge is 2.31. The summed E-state index contributed by atoms with van der Waals surface area (Å²) in [6, 6.07) is 54.5. The first-order valence-corrected chi connectivity index (χ1v) is 15.0. The average Bonchev–Trinajstić information content (AvgIpc) is 3.07. The molecule has 0 N–H and O–H groups in total. The summed E-state index contributed by atoms with van der Waals surface area (Å²) in [6.07, 6.45) is 0. The minimum Gasteiger partial charge on any atom is -0.192 e. The zero-order valence-corrected chi connectivity index (χ0v) is 23.6. The summed E-state index contributed by atoms with van der Waals surface area (Å²) < 4.78 is 0. The van der Waals surface area contributed by atoms with Gasteiger partial charge >= 0.3 is 0 Å². The molecule has 0 radical (unpaired) electrons. The van der Waals surface area contributed by atoms with Crippen molar-refractivity contribution in [3.63, 3.8) is 0 Å². The minimum atomic E-state index is 0.140. The third-order valence-corrected chi connectivity index (χ3v) is 9.62. The number of hydrogen-bond acceptors (Lipinski definition) is 2. The smallest absolute Gasteiger partial charge is 0.0991 e. The average molecular weight is 552 g/mol. The lowest BCUT2D eigenvalue weighted by atomic mass is 9.80. The summed E-state index contributed by atoms with van der Waals surface area (Å²) in [7, 11) is 0. The molecule has 0 spiro atoms. The van der Waals surface area contributed by atoms with Crippen LogP contribution in [0.5, 0.6) is 0 Å². The Morgan fingerprint density at radius 1 is 0.452 bits per heavy atom. The Hall–Kier alpha value is -5.10. The maximum Gasteiger partial charge on any atom is 0.0991 e. The van der Waals surface area contributed by atoms with E-state index in [2.05, 4.69) is 127 Å². The largest absolute Gasteiger partial charge is 0.192 e. The van der Waals surface area contributed by atoms with Crippen LogP contribution in [0.2, 0.25) is 0 Å². The molecule has 0 aliphatic carbocycles. The second-order valence-corrected chi connectivity index (χ2v) is 11.9. The number of rotatable bonds is 3. The summed E-state index contributed by atoms with van der Waals surface area (Å²) in [5.74, 6) is 0.140. The zero-order valence-electron chi connectivity index (χ0n) is 22.8. The number of nitriles is 1. The molecular weight excluding hydrogens is 527 g/mol. The Balaban J connectivity index is 1.23. The highest BCUT2D eigenvalue weighted by atomic mass is 32.2. The van der Waals surface area contributed by atoms with E-state index >= 15 is 0 Å². The van der Waals surface area contributed by atoms with Crippen LogP contribution in [-0.2, 0) is 0 Å². The molecule has 0 atom stereocenters. The van der Waals surface area contributed by atoms with E-state index in [1.54, 1.807) is 0 Å². The van der Waals surface area contributed by atoms with Crippen LogP contribution >= 0.6 is 11.8 Å². The van der Waals surface area contributed by atoms with E-state index < -0.39 is 0 Å². The van der Waals surface area contributed by atoms with E-state index in [1.165, 1.54) is 59.2 Å². The van der Waals surface area contributed by atoms with Gasteiger partial charge in [0, 0.05) is 15.7 Å². The first-order chi connectivity index (χ1) is 20.8. The third kappa shape index (κ3) is 4.10. The van der Waals surface area contributed by atoms with Gasteiger partial charge in [-0.3, -0.25) is 0 Å². The van der Waals surface area contributed by atoms with Gasteiger partial charge in [0.2, 0.25) is 0 Å². The SMILES string of the molecule is N#Cc1ccc(-c2ccc(-c3ccc(C4c5c(ccc6ccccc56)Sc5ccc6ccccc6c54)cc3)cc2)cc1. The van der Waals surface area contributed by atoms with E-state index in [-0.39, 0.29) is 5.92 Å². The van der Waals surface area contributed by atoms with Gasteiger partial charge in [0.1, 0.15) is 0 Å². The van der Waals surface area contributed by atoms with Gasteiger partial charge in [0.15, 0.2) is 0 Å². The molecule has 0 saturated heterocycles. The van der Waals surface area contributed by atoms with Crippen molar-refractivity contribution in [1.29, 1.82) is 5.26 Å². The van der Waals surface area contributed by atoms with Crippen LogP contribution in [0.15, 0.2) is 155 Å². The van der Waals surface area contributed by atoms with Gasteiger partial charge in [-0.25, -0.2) is 0 Å². The van der Waals surface area contributed by atoms with Crippen LogP contribution in [0.3, 0.4) is 0 Å². The van der Waals surface area contributed by atoms with Gasteiger partial charge < -0.3 is 0 Å². The molecule has 0 bridgehead atoms. The topological polar surface area (TPSA) is 23.8 Å². The third-order valence-electron chi connectivity index (χ3n) is 8.47. The lowest BCUT2D eigenvalue weighted by Crippen LogP contribution is -2.11. The first kappa shape index (κ1) is 24.7. The van der Waals surface area contributed by atoms with Gasteiger partial charge in [-0.2, -0.15) is 5.26 Å². The Kier molecular flexibility index (Phi) is 5.92. The lowest BCUT2D eigenvalue weighted by Gasteiger charge is -2.31. The summed E-state index contributed by atoms with van der Waals surface area (Å²) in [5, 5.41) is 14.3. The molecule has 1 heterocycles. The standard InChI is InChI=1S/C40H25NS/c41-25-26-9-11-27(12-10-26)28-13-15-29(16-14-28)30-17-19-33(20-18-30)38-39-34-7-3-1-5-31(34)21-23-36(39)42-37-24-22-32-6-2-4-8-35(32)40(37)38/h1-24,38H. The molecule has 0 unspecified atom stereocenters. The Labute approximate surface area is 249 Å². The second kappa shape index (κ2) is 10.1. The maximum atomic E-state index is 9.10. The Bertz CT molecular complexity index is 2070. The molecule has 42 heavy (non-hydrogen) atoms. The fourth-order valence-electron chi connectivity index (χ4n) is 6.38. The van der Waals surface area contributed by atoms with Gasteiger partial charge in [-0.1, -0.05) is 133 Å². The maximum absolute atomic E-state index is 9.10. The highest BCUT2D eigenvalue weighted by Crippen LogP contribution is 2.53. The van der Waals surface area contributed by atoms with E-state index in [9.17, 15) is 0 Å². The Morgan fingerprint density at radius 3 is 1.36 bits per heavy atom. The van der Waals surface area contributed by atoms with Crippen LogP contribution in [0.4, 0.5) is 0 Å². The Morgan fingerprint density at radius 2 is 0.881 bits per heavy atom. The van der Waals surface area contributed by atoms with Gasteiger partial charge in [-0.05, 0) is 84.8 Å². The van der Waals surface area contributed by atoms with E-state index in [0.29, 0.717) is 5.56 Å². The van der Waals surface area contributed by atoms with Crippen molar-refractivity contribution in [1.82, 2.24) is 0 Å². The zero-order chi connectivity index (χ0) is 28.0. The molecule has 2 heteroatoms. The van der Waals surface area contributed by atoms with Gasteiger partial charge in [-0.15, -0.1) is 0 Å². The normalized spacial score (nSPS) is 12.5. The fraction of sp³-hybridized carbons (Fsp3) is 0.0250. The highest BCUT2D eigenvalue weighted by molar-refractivity contribution is 7.99. The summed E-state index contributed by atoms with van der Waals surface area (Å²) >= 11 is 1.90. The molecule has 8 rings (SSSR count). The van der Waals surface area contributed by atoms with E-state index in [1.807, 2.05) is 36.0 Å². The molecule has 0 aromatic heterocycles. The minimum absolute atomic E-state index is 0.140. The van der Waals surface area contributed by atoms with E-state index in [4.69, 9.17) is 5.26 Å². The summed E-state index contributed by atoms with van der Waals surface area (Å²) in [4.78, 5) is 2.67. The molecule has 1 nitrogen and oxygen atoms in total. The van der Waals surface area contributed by atoms with Crippen molar-refractivity contribution in [2.24, 2.45) is 0 Å². The van der Waals surface area contributed by atoms with E-state index in [0.717, 1.165) is 11.1 Å². The van der Waals surface area contributed by atoms with Crippen molar-refractivity contribution in [3.05, 3.63) is 168 Å². The fourth-order valence-corrected chi connectivity index (χ4v) is 7.57. The van der Waals surface area contributed by atoms with Crippen molar-refractivity contribution in [2.45, 2.75) is 15.7 Å². The van der Waals surface area contributed by atoms with Crippen LogP contribution in [-0.4, -0.2) is 0 Å². The van der Waals surface area contributed by atoms with Gasteiger partial charge in [0.05, 0.1) is 11.6 Å². The molecule has 0 saturated carbocycles. The monoisotopic (exact) mass is 551 g/mol. The summed E-state index contributed by atoms with van der Waals surface area (Å²) in [5.41, 5.74) is 9.44. The quantitative estimate of drug-likeness (QED) is 0.218. The van der Waals surface area contributed by atoms with Crippen LogP contribution in [0.25, 0.3) is 43.8 Å². The molecule has 7 aromatic carbocycles. The second-order valence-electron chi connectivity index (χ2n) is 10.8. The number of fused-ring (bicyclic) bond motifs is 6. The van der Waals surface area contributed by atoms with Crippen molar-refractivity contribution in [2.75, 3.05) is 0 Å². The lowest BCUT2D eigenvalue weighted by molar-refractivity contribution is 0.926. The molecule has 7 aromatic rings. The molecule has 196 valence electrons. The van der Waals surface area contributed by atoms with Crippen molar-refractivity contribution >= 4 is 33.3 Å². The number of hydrogen-bond donors (Lipinski definition) is 0. The van der Waals surface area contributed by atoms with Crippen LogP contribution < -0.4 is 0 Å². The molecule has 1 aliphatic heterocycles. The molecular formula is C40H25NS. The van der Waals surface area contributed by atoms with Crippen LogP contribution in [0.1, 0.15) is 28.2 Å². The first-order valence-electron chi connectivity index (χ1n) is 14.2. The molecule has 1 aliphatic rings. The molecule has 0 fully saturated rings. The predicted octanol–water partition coefficient (Wildman–Crippen LogP) is 10.8. The van der Waals surface area contributed by atoms with Crippen molar-refractivity contribution < 1.29 is 0 Å². The molecule has 0 amide bonds. The van der Waals surface area contributed by atoms with Crippen molar-refractivity contribution in [3.8, 4) is 28.3 Å². The van der Waals surface area contributed by atoms with Gasteiger partial charge in [0.25, 0.3) is 0 Å². The van der Waals surface area contributed by atoms with Crippen LogP contribution in [0, 0.1) is 11.3 Å².